The lowest BCUT2D eigenvalue weighted by Crippen LogP contribution is -2.11. The Morgan fingerprint density at radius 1 is 1.08 bits per heavy atom. The van der Waals surface area contributed by atoms with Crippen LogP contribution >= 0.6 is 11.8 Å². The van der Waals surface area contributed by atoms with Gasteiger partial charge in [-0.1, -0.05) is 5.10 Å². The van der Waals surface area contributed by atoms with Gasteiger partial charge in [0, 0.05) is 16.0 Å². The smallest absolute Gasteiger partial charge is 0.322 e. The van der Waals surface area contributed by atoms with Crippen molar-refractivity contribution >= 4 is 23.7 Å². The Balaban J connectivity index is 1.71. The average molecular weight is 341 g/mol. The fourth-order valence-corrected chi connectivity index (χ4v) is 2.44. The maximum absolute atomic E-state index is 12.2. The summed E-state index contributed by atoms with van der Waals surface area (Å²) < 4.78 is 10.6. The molecule has 24 heavy (non-hydrogen) atoms. The van der Waals surface area contributed by atoms with E-state index in [0.717, 1.165) is 10.5 Å². The van der Waals surface area contributed by atoms with Gasteiger partial charge >= 0.3 is 6.01 Å². The van der Waals surface area contributed by atoms with Crippen LogP contribution < -0.4 is 10.1 Å². The first-order valence-electron chi connectivity index (χ1n) is 7.13. The predicted molar refractivity (Wildman–Crippen MR) is 92.5 cm³/mol. The molecule has 1 aromatic heterocycles. The van der Waals surface area contributed by atoms with Crippen LogP contribution in [0.4, 0.5) is 6.01 Å². The Kier molecular flexibility index (Phi) is 4.81. The van der Waals surface area contributed by atoms with Crippen molar-refractivity contribution in [1.29, 1.82) is 0 Å². The zero-order chi connectivity index (χ0) is 16.9. The molecular weight excluding hydrogens is 326 g/mol. The van der Waals surface area contributed by atoms with E-state index in [0.29, 0.717) is 17.2 Å². The highest BCUT2D eigenvalue weighted by Gasteiger charge is 2.13. The first-order chi connectivity index (χ1) is 11.7. The molecule has 0 saturated heterocycles. The van der Waals surface area contributed by atoms with E-state index in [1.807, 2.05) is 30.5 Å². The third-order valence-corrected chi connectivity index (χ3v) is 4.08. The normalized spacial score (nSPS) is 10.4. The lowest BCUT2D eigenvalue weighted by Gasteiger charge is -2.02. The minimum Gasteiger partial charge on any atom is -0.497 e. The number of carbonyl (C=O) groups is 1. The zero-order valence-corrected chi connectivity index (χ0v) is 14.0. The van der Waals surface area contributed by atoms with Gasteiger partial charge in [0.05, 0.1) is 7.11 Å². The van der Waals surface area contributed by atoms with Gasteiger partial charge < -0.3 is 9.15 Å². The Labute approximate surface area is 143 Å². The highest BCUT2D eigenvalue weighted by atomic mass is 32.2. The molecule has 122 valence electrons. The van der Waals surface area contributed by atoms with Crippen LogP contribution in [-0.2, 0) is 0 Å². The van der Waals surface area contributed by atoms with E-state index < -0.39 is 0 Å². The van der Waals surface area contributed by atoms with Gasteiger partial charge in [-0.3, -0.25) is 10.1 Å². The second-order valence-corrected chi connectivity index (χ2v) is 5.70. The Hall–Kier alpha value is -2.80. The lowest BCUT2D eigenvalue weighted by atomic mass is 10.2. The van der Waals surface area contributed by atoms with Crippen LogP contribution in [0.1, 0.15) is 10.4 Å². The van der Waals surface area contributed by atoms with Crippen molar-refractivity contribution < 1.29 is 13.9 Å². The van der Waals surface area contributed by atoms with Crippen molar-refractivity contribution in [1.82, 2.24) is 10.2 Å². The molecule has 0 spiro atoms. The molecule has 0 fully saturated rings. The minimum absolute atomic E-state index is 0.0553. The van der Waals surface area contributed by atoms with Crippen LogP contribution in [0.25, 0.3) is 11.5 Å². The summed E-state index contributed by atoms with van der Waals surface area (Å²) in [7, 11) is 1.57. The molecule has 0 unspecified atom stereocenters. The van der Waals surface area contributed by atoms with Gasteiger partial charge in [-0.05, 0) is 54.8 Å². The molecule has 0 radical (unpaired) electrons. The number of aromatic nitrogens is 2. The Bertz CT molecular complexity index is 829. The van der Waals surface area contributed by atoms with Crippen LogP contribution in [-0.4, -0.2) is 29.5 Å². The Morgan fingerprint density at radius 2 is 1.79 bits per heavy atom. The van der Waals surface area contributed by atoms with E-state index in [1.54, 1.807) is 43.1 Å². The summed E-state index contributed by atoms with van der Waals surface area (Å²) in [5.74, 6) is 0.707. The third-order valence-electron chi connectivity index (χ3n) is 3.33. The van der Waals surface area contributed by atoms with Crippen LogP contribution in [0.3, 0.4) is 0 Å². The number of carbonyl (C=O) groups excluding carboxylic acids is 1. The second kappa shape index (κ2) is 7.18. The summed E-state index contributed by atoms with van der Waals surface area (Å²) in [5, 5.41) is 10.4. The number of hydrogen-bond acceptors (Lipinski definition) is 6. The average Bonchev–Trinajstić information content (AvgIpc) is 3.10. The molecule has 0 aliphatic carbocycles. The molecule has 3 rings (SSSR count). The number of rotatable bonds is 5. The molecule has 0 saturated carbocycles. The molecule has 6 nitrogen and oxygen atoms in total. The number of hydrogen-bond donors (Lipinski definition) is 1. The predicted octanol–water partition coefficient (Wildman–Crippen LogP) is 3.72. The van der Waals surface area contributed by atoms with Crippen LogP contribution in [0.15, 0.2) is 57.8 Å². The van der Waals surface area contributed by atoms with Gasteiger partial charge in [0.15, 0.2) is 0 Å². The summed E-state index contributed by atoms with van der Waals surface area (Å²) >= 11 is 1.65. The third kappa shape index (κ3) is 3.57. The standard InChI is InChI=1S/C17H15N3O3S/c1-22-13-7-3-11(4-8-13)15(21)18-17-20-19-16(23-17)12-5-9-14(24-2)10-6-12/h3-10H,1-2H3,(H,18,20,21). The molecule has 1 N–H and O–H groups in total. The molecule has 1 amide bonds. The van der Waals surface area contributed by atoms with E-state index in [9.17, 15) is 4.79 Å². The fraction of sp³-hybridized carbons (Fsp3) is 0.118. The number of benzene rings is 2. The highest BCUT2D eigenvalue weighted by Crippen LogP contribution is 2.23. The van der Waals surface area contributed by atoms with Crippen molar-refractivity contribution in [3.63, 3.8) is 0 Å². The first-order valence-corrected chi connectivity index (χ1v) is 8.35. The molecule has 2 aromatic carbocycles. The largest absolute Gasteiger partial charge is 0.497 e. The summed E-state index contributed by atoms with van der Waals surface area (Å²) in [5.41, 5.74) is 1.27. The van der Waals surface area contributed by atoms with Crippen LogP contribution in [0, 0.1) is 0 Å². The number of nitrogens with one attached hydrogen (secondary N) is 1. The van der Waals surface area contributed by atoms with Crippen LogP contribution in [0.5, 0.6) is 5.75 Å². The van der Waals surface area contributed by atoms with Crippen molar-refractivity contribution in [3.8, 4) is 17.2 Å². The van der Waals surface area contributed by atoms with E-state index in [2.05, 4.69) is 15.5 Å². The quantitative estimate of drug-likeness (QED) is 0.713. The van der Waals surface area contributed by atoms with E-state index in [1.165, 1.54) is 0 Å². The fourth-order valence-electron chi connectivity index (χ4n) is 2.04. The monoisotopic (exact) mass is 341 g/mol. The maximum atomic E-state index is 12.2. The van der Waals surface area contributed by atoms with Crippen molar-refractivity contribution in [2.45, 2.75) is 4.90 Å². The van der Waals surface area contributed by atoms with Gasteiger partial charge in [0.25, 0.3) is 5.91 Å². The molecule has 7 heteroatoms. The summed E-state index contributed by atoms with van der Waals surface area (Å²) in [4.78, 5) is 13.3. The molecule has 0 bridgehead atoms. The number of nitrogens with zero attached hydrogens (tertiary/aromatic N) is 2. The Morgan fingerprint density at radius 3 is 2.42 bits per heavy atom. The lowest BCUT2D eigenvalue weighted by molar-refractivity contribution is 0.102. The number of anilines is 1. The van der Waals surface area contributed by atoms with E-state index in [4.69, 9.17) is 9.15 Å². The van der Waals surface area contributed by atoms with Gasteiger partial charge in [-0.15, -0.1) is 16.9 Å². The highest BCUT2D eigenvalue weighted by molar-refractivity contribution is 7.98. The number of amides is 1. The van der Waals surface area contributed by atoms with Gasteiger partial charge in [-0.25, -0.2) is 0 Å². The molecule has 1 heterocycles. The molecule has 3 aromatic rings. The number of thioether (sulfide) groups is 1. The van der Waals surface area contributed by atoms with E-state index >= 15 is 0 Å². The molecular formula is C17H15N3O3S. The van der Waals surface area contributed by atoms with Crippen LogP contribution in [0.2, 0.25) is 0 Å². The molecule has 0 atom stereocenters. The van der Waals surface area contributed by atoms with Crippen molar-refractivity contribution in [2.24, 2.45) is 0 Å². The summed E-state index contributed by atoms with van der Waals surface area (Å²) in [6.07, 6.45) is 2.01. The van der Waals surface area contributed by atoms with E-state index in [-0.39, 0.29) is 11.9 Å². The van der Waals surface area contributed by atoms with Gasteiger partial charge in [-0.2, -0.15) is 0 Å². The van der Waals surface area contributed by atoms with Gasteiger partial charge in [0.2, 0.25) is 5.89 Å². The molecule has 0 aliphatic heterocycles. The molecule has 0 aliphatic rings. The summed E-state index contributed by atoms with van der Waals surface area (Å²) in [6, 6.07) is 14.5. The topological polar surface area (TPSA) is 77.2 Å². The zero-order valence-electron chi connectivity index (χ0n) is 13.1. The second-order valence-electron chi connectivity index (χ2n) is 4.82. The maximum Gasteiger partial charge on any atom is 0.322 e. The van der Waals surface area contributed by atoms with Crippen molar-refractivity contribution in [2.75, 3.05) is 18.7 Å². The van der Waals surface area contributed by atoms with Gasteiger partial charge in [0.1, 0.15) is 5.75 Å². The van der Waals surface area contributed by atoms with Crippen molar-refractivity contribution in [3.05, 3.63) is 54.1 Å². The summed E-state index contributed by atoms with van der Waals surface area (Å²) in [6.45, 7) is 0. The minimum atomic E-state index is -0.328. The number of methoxy groups -OCH3 is 1. The SMILES string of the molecule is COc1ccc(C(=O)Nc2nnc(-c3ccc(SC)cc3)o2)cc1. The first kappa shape index (κ1) is 16.1. The number of ether oxygens (including phenoxy) is 1.